The topological polar surface area (TPSA) is 54.7 Å². The molecule has 124 valence electrons. The number of halogens is 2. The molecule has 2 rings (SSSR count). The zero-order valence-electron chi connectivity index (χ0n) is 12.9. The molecule has 5 nitrogen and oxygen atoms in total. The zero-order valence-corrected chi connectivity index (χ0v) is 12.9. The second-order valence-electron chi connectivity index (χ2n) is 5.16. The van der Waals surface area contributed by atoms with Crippen LogP contribution < -0.4 is 10.1 Å². The number of likely N-dealkylation sites (N-methyl/N-ethyl adjacent to an activating group) is 1. The van der Waals surface area contributed by atoms with Gasteiger partial charge in [0.1, 0.15) is 11.6 Å². The smallest absolute Gasteiger partial charge is 0.258 e. The van der Waals surface area contributed by atoms with Crippen LogP contribution in [0.5, 0.6) is 5.75 Å². The van der Waals surface area contributed by atoms with Gasteiger partial charge in [0, 0.05) is 12.6 Å². The van der Waals surface area contributed by atoms with Crippen LogP contribution in [0.2, 0.25) is 0 Å². The molecule has 0 fully saturated rings. The minimum absolute atomic E-state index is 0.128. The van der Waals surface area contributed by atoms with E-state index < -0.39 is 17.5 Å². The van der Waals surface area contributed by atoms with Gasteiger partial charge in [0.05, 0.1) is 12.3 Å². The predicted octanol–water partition coefficient (Wildman–Crippen LogP) is 2.36. The standard InChI is InChI=1S/C16H18F2N2O3/c1-20(2)13(15-4-3-7-22-15)9-19-16(21)10-23-14-6-5-11(17)8-12(14)18/h3-8,13H,9-10H2,1-2H3,(H,19,21). The number of furan rings is 1. The van der Waals surface area contributed by atoms with Crippen molar-refractivity contribution >= 4 is 5.91 Å². The van der Waals surface area contributed by atoms with Gasteiger partial charge >= 0.3 is 0 Å². The Hall–Kier alpha value is -2.41. The molecule has 0 aliphatic carbocycles. The molecule has 1 heterocycles. The van der Waals surface area contributed by atoms with Gasteiger partial charge in [-0.05, 0) is 38.4 Å². The summed E-state index contributed by atoms with van der Waals surface area (Å²) in [5, 5.41) is 2.69. The van der Waals surface area contributed by atoms with Crippen molar-refractivity contribution in [1.82, 2.24) is 10.2 Å². The average Bonchev–Trinajstić information content (AvgIpc) is 3.00. The molecule has 0 spiro atoms. The summed E-state index contributed by atoms with van der Waals surface area (Å²) < 4.78 is 36.6. The van der Waals surface area contributed by atoms with Crippen molar-refractivity contribution in [3.05, 3.63) is 54.0 Å². The highest BCUT2D eigenvalue weighted by atomic mass is 19.1. The van der Waals surface area contributed by atoms with E-state index in [1.54, 1.807) is 12.3 Å². The Balaban J connectivity index is 1.84. The van der Waals surface area contributed by atoms with E-state index in [-0.39, 0.29) is 18.4 Å². The van der Waals surface area contributed by atoms with Crippen molar-refractivity contribution in [2.75, 3.05) is 27.2 Å². The molecular formula is C16H18F2N2O3. The second-order valence-corrected chi connectivity index (χ2v) is 5.16. The normalized spacial score (nSPS) is 12.2. The second kappa shape index (κ2) is 7.73. The number of benzene rings is 1. The summed E-state index contributed by atoms with van der Waals surface area (Å²) >= 11 is 0. The Kier molecular flexibility index (Phi) is 5.70. The summed E-state index contributed by atoms with van der Waals surface area (Å²) in [6.07, 6.45) is 1.56. The van der Waals surface area contributed by atoms with E-state index in [9.17, 15) is 13.6 Å². The highest BCUT2D eigenvalue weighted by molar-refractivity contribution is 5.77. The minimum Gasteiger partial charge on any atom is -0.481 e. The van der Waals surface area contributed by atoms with E-state index in [4.69, 9.17) is 9.15 Å². The predicted molar refractivity (Wildman–Crippen MR) is 80.0 cm³/mol. The maximum atomic E-state index is 13.4. The number of carbonyl (C=O) groups excluding carboxylic acids is 1. The van der Waals surface area contributed by atoms with Crippen LogP contribution in [-0.4, -0.2) is 38.1 Å². The van der Waals surface area contributed by atoms with E-state index in [0.29, 0.717) is 12.6 Å². The molecular weight excluding hydrogens is 306 g/mol. The lowest BCUT2D eigenvalue weighted by Crippen LogP contribution is -2.36. The van der Waals surface area contributed by atoms with E-state index in [1.807, 2.05) is 25.1 Å². The van der Waals surface area contributed by atoms with Gasteiger partial charge in [-0.3, -0.25) is 9.69 Å². The quantitative estimate of drug-likeness (QED) is 0.849. The lowest BCUT2D eigenvalue weighted by Gasteiger charge is -2.22. The summed E-state index contributed by atoms with van der Waals surface area (Å²) in [7, 11) is 3.73. The Morgan fingerprint density at radius 1 is 1.35 bits per heavy atom. The maximum Gasteiger partial charge on any atom is 0.258 e. The van der Waals surface area contributed by atoms with E-state index in [1.165, 1.54) is 0 Å². The highest BCUT2D eigenvalue weighted by Crippen LogP contribution is 2.18. The Bertz CT molecular complexity index is 645. The fourth-order valence-corrected chi connectivity index (χ4v) is 2.02. The summed E-state index contributed by atoms with van der Waals surface area (Å²) in [6.45, 7) is -0.0462. The maximum absolute atomic E-state index is 13.4. The van der Waals surface area contributed by atoms with Crippen molar-refractivity contribution in [3.63, 3.8) is 0 Å². The first kappa shape index (κ1) is 17.0. The molecule has 0 aliphatic rings. The first-order valence-electron chi connectivity index (χ1n) is 7.01. The van der Waals surface area contributed by atoms with Crippen molar-refractivity contribution in [3.8, 4) is 5.75 Å². The Morgan fingerprint density at radius 2 is 2.13 bits per heavy atom. The van der Waals surface area contributed by atoms with Crippen LogP contribution in [0.25, 0.3) is 0 Å². The van der Waals surface area contributed by atoms with Gasteiger partial charge in [0.25, 0.3) is 5.91 Å². The monoisotopic (exact) mass is 324 g/mol. The summed E-state index contributed by atoms with van der Waals surface area (Å²) in [5.74, 6) is -1.41. The van der Waals surface area contributed by atoms with E-state index in [2.05, 4.69) is 5.32 Å². The number of rotatable bonds is 7. The molecule has 1 aromatic heterocycles. The van der Waals surface area contributed by atoms with E-state index >= 15 is 0 Å². The number of amides is 1. The molecule has 0 radical (unpaired) electrons. The third kappa shape index (κ3) is 4.79. The molecule has 7 heteroatoms. The number of hydrogen-bond acceptors (Lipinski definition) is 4. The SMILES string of the molecule is CN(C)C(CNC(=O)COc1ccc(F)cc1F)c1ccco1. The van der Waals surface area contributed by atoms with Crippen LogP contribution in [0.1, 0.15) is 11.8 Å². The molecule has 1 unspecified atom stereocenters. The third-order valence-electron chi connectivity index (χ3n) is 3.24. The van der Waals surface area contributed by atoms with Gasteiger partial charge in [-0.2, -0.15) is 0 Å². The van der Waals surface area contributed by atoms with Crippen molar-refractivity contribution in [2.24, 2.45) is 0 Å². The minimum atomic E-state index is -0.848. The number of carbonyl (C=O) groups is 1. The zero-order chi connectivity index (χ0) is 16.8. The van der Waals surface area contributed by atoms with Crippen molar-refractivity contribution < 1.29 is 22.7 Å². The Labute approximate surface area is 132 Å². The van der Waals surface area contributed by atoms with Gasteiger partial charge in [-0.1, -0.05) is 0 Å². The number of nitrogens with one attached hydrogen (secondary N) is 1. The van der Waals surface area contributed by atoms with Crippen LogP contribution in [0, 0.1) is 11.6 Å². The molecule has 23 heavy (non-hydrogen) atoms. The molecule has 1 amide bonds. The van der Waals surface area contributed by atoms with Crippen LogP contribution in [0.3, 0.4) is 0 Å². The van der Waals surface area contributed by atoms with Crippen LogP contribution >= 0.6 is 0 Å². The van der Waals surface area contributed by atoms with Crippen molar-refractivity contribution in [2.45, 2.75) is 6.04 Å². The lowest BCUT2D eigenvalue weighted by atomic mass is 10.2. The van der Waals surface area contributed by atoms with Crippen LogP contribution in [0.4, 0.5) is 8.78 Å². The van der Waals surface area contributed by atoms with Gasteiger partial charge in [-0.15, -0.1) is 0 Å². The van der Waals surface area contributed by atoms with Gasteiger partial charge in [-0.25, -0.2) is 8.78 Å². The fraction of sp³-hybridized carbons (Fsp3) is 0.312. The van der Waals surface area contributed by atoms with Crippen molar-refractivity contribution in [1.29, 1.82) is 0 Å². The number of nitrogens with zero attached hydrogens (tertiary/aromatic N) is 1. The van der Waals surface area contributed by atoms with E-state index in [0.717, 1.165) is 17.9 Å². The molecule has 0 saturated carbocycles. The summed E-state index contributed by atoms with van der Waals surface area (Å²) in [6, 6.07) is 6.37. The number of hydrogen-bond donors (Lipinski definition) is 1. The molecule has 0 bridgehead atoms. The molecule has 0 aliphatic heterocycles. The third-order valence-corrected chi connectivity index (χ3v) is 3.24. The van der Waals surface area contributed by atoms with Gasteiger partial charge in [0.2, 0.25) is 0 Å². The van der Waals surface area contributed by atoms with Gasteiger partial charge < -0.3 is 14.5 Å². The fourth-order valence-electron chi connectivity index (χ4n) is 2.02. The summed E-state index contributed by atoms with van der Waals surface area (Å²) in [4.78, 5) is 13.7. The molecule has 0 saturated heterocycles. The lowest BCUT2D eigenvalue weighted by molar-refractivity contribution is -0.123. The molecule has 1 atom stereocenters. The first-order chi connectivity index (χ1) is 11.0. The molecule has 2 aromatic rings. The molecule has 1 aromatic carbocycles. The van der Waals surface area contributed by atoms with Crippen LogP contribution in [-0.2, 0) is 4.79 Å². The van der Waals surface area contributed by atoms with Gasteiger partial charge in [0.15, 0.2) is 18.2 Å². The molecule has 1 N–H and O–H groups in total. The highest BCUT2D eigenvalue weighted by Gasteiger charge is 2.18. The largest absolute Gasteiger partial charge is 0.481 e. The average molecular weight is 324 g/mol. The Morgan fingerprint density at radius 3 is 2.74 bits per heavy atom. The first-order valence-corrected chi connectivity index (χ1v) is 7.01. The summed E-state index contributed by atoms with van der Waals surface area (Å²) in [5.41, 5.74) is 0. The van der Waals surface area contributed by atoms with Crippen LogP contribution in [0.15, 0.2) is 41.0 Å². The number of ether oxygens (including phenoxy) is 1.